The Balaban J connectivity index is 1.42. The fourth-order valence-electron chi connectivity index (χ4n) is 3.17. The van der Waals surface area contributed by atoms with Gasteiger partial charge in [0.1, 0.15) is 17.2 Å². The molecule has 2 aromatic carbocycles. The maximum atomic E-state index is 12.2. The van der Waals surface area contributed by atoms with Gasteiger partial charge in [0.05, 0.1) is 18.5 Å². The van der Waals surface area contributed by atoms with E-state index in [1.54, 1.807) is 36.3 Å². The van der Waals surface area contributed by atoms with Gasteiger partial charge in [-0.15, -0.1) is 11.3 Å². The molecule has 4 rings (SSSR count). The number of hydrogen-bond acceptors (Lipinski definition) is 7. The van der Waals surface area contributed by atoms with Crippen LogP contribution >= 0.6 is 11.3 Å². The van der Waals surface area contributed by atoms with Crippen LogP contribution in [0.4, 0.5) is 10.8 Å². The van der Waals surface area contributed by atoms with E-state index in [4.69, 9.17) is 14.2 Å². The molecule has 0 atom stereocenters. The molecule has 0 spiro atoms. The quantitative estimate of drug-likeness (QED) is 0.605. The van der Waals surface area contributed by atoms with Gasteiger partial charge in [-0.25, -0.2) is 4.98 Å². The number of carbonyl (C=O) groups excluding carboxylic acids is 2. The maximum absolute atomic E-state index is 12.2. The van der Waals surface area contributed by atoms with E-state index in [-0.39, 0.29) is 25.0 Å². The van der Waals surface area contributed by atoms with Crippen LogP contribution in [0.2, 0.25) is 0 Å². The number of hydrogen-bond donors (Lipinski definition) is 1. The number of benzene rings is 2. The van der Waals surface area contributed by atoms with E-state index in [1.807, 2.05) is 30.5 Å². The number of aromatic nitrogens is 1. The number of amides is 2. The Kier molecular flexibility index (Phi) is 6.03. The molecule has 160 valence electrons. The van der Waals surface area contributed by atoms with Gasteiger partial charge in [-0.3, -0.25) is 14.9 Å². The van der Waals surface area contributed by atoms with Gasteiger partial charge in [-0.1, -0.05) is 6.07 Å². The second kappa shape index (κ2) is 9.05. The molecule has 0 fully saturated rings. The molecule has 0 bridgehead atoms. The Labute approximate surface area is 183 Å². The first-order chi connectivity index (χ1) is 15.1. The van der Waals surface area contributed by atoms with Crippen LogP contribution in [-0.4, -0.2) is 43.7 Å². The van der Waals surface area contributed by atoms with Crippen LogP contribution in [0.15, 0.2) is 47.8 Å². The average molecular weight is 439 g/mol. The number of nitrogens with one attached hydrogen (secondary N) is 1. The molecule has 0 unspecified atom stereocenters. The van der Waals surface area contributed by atoms with Gasteiger partial charge in [-0.2, -0.15) is 0 Å². The van der Waals surface area contributed by atoms with Crippen LogP contribution < -0.4 is 24.4 Å². The molecule has 1 aliphatic heterocycles. The predicted molar refractivity (Wildman–Crippen MR) is 118 cm³/mol. The lowest BCUT2D eigenvalue weighted by atomic mass is 10.1. The molecular weight excluding hydrogens is 418 g/mol. The van der Waals surface area contributed by atoms with Crippen LogP contribution in [0.5, 0.6) is 17.2 Å². The molecule has 1 aromatic heterocycles. The third kappa shape index (κ3) is 4.61. The van der Waals surface area contributed by atoms with E-state index in [0.29, 0.717) is 34.6 Å². The lowest BCUT2D eigenvalue weighted by molar-refractivity contribution is -0.121. The summed E-state index contributed by atoms with van der Waals surface area (Å²) in [6.07, 6.45) is 0. The number of methoxy groups -OCH3 is 1. The monoisotopic (exact) mass is 439 g/mol. The van der Waals surface area contributed by atoms with Gasteiger partial charge in [-0.05, 0) is 37.3 Å². The van der Waals surface area contributed by atoms with Crippen molar-refractivity contribution in [2.24, 2.45) is 0 Å². The molecule has 8 nitrogen and oxygen atoms in total. The summed E-state index contributed by atoms with van der Waals surface area (Å²) < 4.78 is 16.1. The number of ether oxygens (including phenoxy) is 3. The number of rotatable bonds is 7. The molecule has 0 saturated heterocycles. The third-order valence-electron chi connectivity index (χ3n) is 4.68. The summed E-state index contributed by atoms with van der Waals surface area (Å²) in [5, 5.41) is 5.06. The van der Waals surface area contributed by atoms with Crippen LogP contribution in [0, 0.1) is 0 Å². The predicted octanol–water partition coefficient (Wildman–Crippen LogP) is 3.58. The van der Waals surface area contributed by atoms with Crippen molar-refractivity contribution < 1.29 is 23.8 Å². The molecule has 3 aromatic rings. The lowest BCUT2D eigenvalue weighted by Crippen LogP contribution is -2.38. The summed E-state index contributed by atoms with van der Waals surface area (Å²) in [4.78, 5) is 30.5. The Morgan fingerprint density at radius 2 is 2.10 bits per heavy atom. The minimum absolute atomic E-state index is 0.0465. The summed E-state index contributed by atoms with van der Waals surface area (Å²) in [5.74, 6) is 1.48. The molecule has 2 amide bonds. The minimum atomic E-state index is -0.315. The molecule has 0 saturated carbocycles. The molecule has 1 aliphatic rings. The van der Waals surface area contributed by atoms with Crippen molar-refractivity contribution in [2.45, 2.75) is 6.92 Å². The molecule has 0 aliphatic carbocycles. The van der Waals surface area contributed by atoms with Crippen molar-refractivity contribution in [1.29, 1.82) is 0 Å². The maximum Gasteiger partial charge on any atom is 0.265 e. The van der Waals surface area contributed by atoms with Crippen molar-refractivity contribution in [3.05, 3.63) is 47.8 Å². The number of carbonyl (C=O) groups is 2. The topological polar surface area (TPSA) is 90.0 Å². The van der Waals surface area contributed by atoms with Crippen molar-refractivity contribution >= 4 is 34.0 Å². The molecule has 9 heteroatoms. The van der Waals surface area contributed by atoms with E-state index >= 15 is 0 Å². The van der Waals surface area contributed by atoms with Gasteiger partial charge in [0, 0.05) is 23.6 Å². The largest absolute Gasteiger partial charge is 0.497 e. The van der Waals surface area contributed by atoms with Gasteiger partial charge in [0.15, 0.2) is 18.3 Å². The molecule has 31 heavy (non-hydrogen) atoms. The Bertz CT molecular complexity index is 1110. The second-order valence-electron chi connectivity index (χ2n) is 6.66. The highest BCUT2D eigenvalue weighted by atomic mass is 32.1. The lowest BCUT2D eigenvalue weighted by Gasteiger charge is -2.28. The Morgan fingerprint density at radius 1 is 1.26 bits per heavy atom. The fraction of sp³-hybridized carbons (Fsp3) is 0.227. The summed E-state index contributed by atoms with van der Waals surface area (Å²) >= 11 is 1.31. The first kappa shape index (κ1) is 20.7. The number of likely N-dealkylation sites (N-methyl/N-ethyl adjacent to an activating group) is 1. The molecular formula is C22H21N3O5S. The normalized spacial score (nSPS) is 12.7. The number of anilines is 2. The minimum Gasteiger partial charge on any atom is -0.497 e. The average Bonchev–Trinajstić information content (AvgIpc) is 3.26. The van der Waals surface area contributed by atoms with Crippen molar-refractivity contribution in [3.8, 4) is 28.5 Å². The summed E-state index contributed by atoms with van der Waals surface area (Å²) in [6.45, 7) is 2.38. The highest BCUT2D eigenvalue weighted by molar-refractivity contribution is 7.14. The first-order valence-corrected chi connectivity index (χ1v) is 10.5. The van der Waals surface area contributed by atoms with Crippen LogP contribution in [0.25, 0.3) is 11.3 Å². The van der Waals surface area contributed by atoms with Crippen molar-refractivity contribution in [2.75, 3.05) is 37.1 Å². The van der Waals surface area contributed by atoms with Gasteiger partial charge >= 0.3 is 0 Å². The van der Waals surface area contributed by atoms with Gasteiger partial charge < -0.3 is 19.1 Å². The fourth-order valence-corrected chi connectivity index (χ4v) is 3.90. The third-order valence-corrected chi connectivity index (χ3v) is 5.43. The van der Waals surface area contributed by atoms with E-state index in [0.717, 1.165) is 11.3 Å². The highest BCUT2D eigenvalue weighted by Gasteiger charge is 2.24. The van der Waals surface area contributed by atoms with Crippen molar-refractivity contribution in [3.63, 3.8) is 0 Å². The van der Waals surface area contributed by atoms with Crippen LogP contribution in [-0.2, 0) is 9.59 Å². The zero-order valence-corrected chi connectivity index (χ0v) is 17.9. The van der Waals surface area contributed by atoms with Crippen molar-refractivity contribution in [1.82, 2.24) is 4.98 Å². The molecule has 1 N–H and O–H groups in total. The van der Waals surface area contributed by atoms with E-state index in [1.165, 1.54) is 11.3 Å². The van der Waals surface area contributed by atoms with Gasteiger partial charge in [0.2, 0.25) is 0 Å². The SMILES string of the molecule is CCN1C(=O)COc2ccc(-c3csc(NC(=O)COc4cccc(OC)c4)n3)cc21. The smallest absolute Gasteiger partial charge is 0.265 e. The Morgan fingerprint density at radius 3 is 2.90 bits per heavy atom. The van der Waals surface area contributed by atoms with Crippen LogP contribution in [0.1, 0.15) is 6.92 Å². The molecule has 2 heterocycles. The highest BCUT2D eigenvalue weighted by Crippen LogP contribution is 2.36. The summed E-state index contributed by atoms with van der Waals surface area (Å²) in [6, 6.07) is 12.6. The van der Waals surface area contributed by atoms with E-state index in [2.05, 4.69) is 10.3 Å². The van der Waals surface area contributed by atoms with E-state index in [9.17, 15) is 9.59 Å². The van der Waals surface area contributed by atoms with Crippen LogP contribution in [0.3, 0.4) is 0 Å². The number of nitrogens with zero attached hydrogens (tertiary/aromatic N) is 2. The zero-order valence-electron chi connectivity index (χ0n) is 17.1. The second-order valence-corrected chi connectivity index (χ2v) is 7.52. The van der Waals surface area contributed by atoms with Gasteiger partial charge in [0.25, 0.3) is 11.8 Å². The van der Waals surface area contributed by atoms with E-state index < -0.39 is 0 Å². The number of thiazole rings is 1. The number of fused-ring (bicyclic) bond motifs is 1. The summed E-state index contributed by atoms with van der Waals surface area (Å²) in [5.41, 5.74) is 2.26. The zero-order chi connectivity index (χ0) is 21.8. The standard InChI is InChI=1S/C22H21N3O5S/c1-3-25-18-9-14(7-8-19(18)30-12-21(25)27)17-13-31-22(23-17)24-20(26)11-29-16-6-4-5-15(10-16)28-2/h4-10,13H,3,11-12H2,1-2H3,(H,23,24,26). The Hall–Kier alpha value is -3.59. The molecule has 0 radical (unpaired) electrons. The first-order valence-electron chi connectivity index (χ1n) is 9.67. The summed E-state index contributed by atoms with van der Waals surface area (Å²) in [7, 11) is 1.57.